The van der Waals surface area contributed by atoms with E-state index in [9.17, 15) is 9.59 Å². The number of carbonyl (C=O) groups is 2. The van der Waals surface area contributed by atoms with Crippen LogP contribution < -0.4 is 10.5 Å². The number of carbonyl (C=O) groups excluding carboxylic acids is 2. The van der Waals surface area contributed by atoms with Crippen molar-refractivity contribution in [3.63, 3.8) is 0 Å². The average Bonchev–Trinajstić information content (AvgIpc) is 3.35. The monoisotopic (exact) mass is 356 g/mol. The van der Waals surface area contributed by atoms with Gasteiger partial charge in [-0.25, -0.2) is 0 Å². The van der Waals surface area contributed by atoms with Gasteiger partial charge in [-0.3, -0.25) is 9.59 Å². The summed E-state index contributed by atoms with van der Waals surface area (Å²) in [5, 5.41) is 1.91. The molecular formula is C19H20N2O3S. The van der Waals surface area contributed by atoms with Crippen molar-refractivity contribution >= 4 is 23.2 Å². The molecule has 1 aromatic heterocycles. The molecule has 2 fully saturated rings. The van der Waals surface area contributed by atoms with E-state index in [2.05, 4.69) is 0 Å². The van der Waals surface area contributed by atoms with E-state index in [1.165, 1.54) is 11.3 Å². The lowest BCUT2D eigenvalue weighted by atomic mass is 9.97. The van der Waals surface area contributed by atoms with Crippen LogP contribution in [0.2, 0.25) is 0 Å². The van der Waals surface area contributed by atoms with Gasteiger partial charge in [0.1, 0.15) is 11.8 Å². The fraction of sp³-hybridized carbons (Fsp3) is 0.368. The van der Waals surface area contributed by atoms with Crippen LogP contribution in [0, 0.1) is 5.92 Å². The largest absolute Gasteiger partial charge is 0.497 e. The number of likely N-dealkylation sites (tertiary alicyclic amines) is 1. The van der Waals surface area contributed by atoms with Crippen LogP contribution in [0.25, 0.3) is 11.1 Å². The summed E-state index contributed by atoms with van der Waals surface area (Å²) in [6.07, 6.45) is 2.83. The van der Waals surface area contributed by atoms with E-state index in [4.69, 9.17) is 10.5 Å². The lowest BCUT2D eigenvalue weighted by Gasteiger charge is -2.33. The van der Waals surface area contributed by atoms with Gasteiger partial charge in [-0.2, -0.15) is 0 Å². The van der Waals surface area contributed by atoms with Gasteiger partial charge in [-0.15, -0.1) is 11.3 Å². The van der Waals surface area contributed by atoms with Gasteiger partial charge < -0.3 is 15.4 Å². The number of hydrogen-bond acceptors (Lipinski definition) is 4. The Morgan fingerprint density at radius 1 is 1.28 bits per heavy atom. The normalized spacial score (nSPS) is 24.5. The third-order valence-electron chi connectivity index (χ3n) is 5.35. The predicted molar refractivity (Wildman–Crippen MR) is 96.6 cm³/mol. The Morgan fingerprint density at radius 2 is 2.12 bits per heavy atom. The zero-order valence-electron chi connectivity index (χ0n) is 14.0. The van der Waals surface area contributed by atoms with Crippen molar-refractivity contribution in [3.05, 3.63) is 40.6 Å². The number of ether oxygens (including phenoxy) is 1. The number of thiophene rings is 1. The maximum atomic E-state index is 13.3. The van der Waals surface area contributed by atoms with Crippen molar-refractivity contribution < 1.29 is 14.3 Å². The summed E-state index contributed by atoms with van der Waals surface area (Å²) in [4.78, 5) is 27.6. The number of rotatable bonds is 4. The Bertz CT molecular complexity index is 832. The molecule has 5 nitrogen and oxygen atoms in total. The first kappa shape index (κ1) is 16.1. The highest BCUT2D eigenvalue weighted by molar-refractivity contribution is 7.12. The molecule has 1 aliphatic carbocycles. The molecular weight excluding hydrogens is 336 g/mol. The van der Waals surface area contributed by atoms with Crippen LogP contribution in [0.4, 0.5) is 0 Å². The minimum atomic E-state index is -0.466. The summed E-state index contributed by atoms with van der Waals surface area (Å²) in [7, 11) is 1.62. The molecule has 1 saturated heterocycles. The highest BCUT2D eigenvalue weighted by atomic mass is 32.1. The number of fused-ring (bicyclic) bond motifs is 2. The Kier molecular flexibility index (Phi) is 4.00. The lowest BCUT2D eigenvalue weighted by Crippen LogP contribution is -2.51. The molecule has 1 aromatic carbocycles. The second kappa shape index (κ2) is 6.19. The molecule has 1 aliphatic heterocycles. The molecule has 2 amide bonds. The van der Waals surface area contributed by atoms with E-state index in [1.807, 2.05) is 35.7 Å². The quantitative estimate of drug-likeness (QED) is 0.915. The number of hydrogen-bond donors (Lipinski definition) is 1. The molecule has 4 rings (SSSR count). The summed E-state index contributed by atoms with van der Waals surface area (Å²) < 4.78 is 5.29. The molecule has 2 heterocycles. The SMILES string of the molecule is COc1cccc(-c2ccsc2C(=O)N2[C@@H]3CC[C@@H](C3)[C@H]2C(N)=O)c1. The van der Waals surface area contributed by atoms with Gasteiger partial charge in [0.25, 0.3) is 5.91 Å². The fourth-order valence-electron chi connectivity index (χ4n) is 4.26. The van der Waals surface area contributed by atoms with E-state index in [0.717, 1.165) is 36.1 Å². The fourth-order valence-corrected chi connectivity index (χ4v) is 5.12. The second-order valence-corrected chi connectivity index (χ2v) is 7.60. The van der Waals surface area contributed by atoms with E-state index in [0.29, 0.717) is 4.88 Å². The van der Waals surface area contributed by atoms with Gasteiger partial charge in [0.2, 0.25) is 5.91 Å². The van der Waals surface area contributed by atoms with Gasteiger partial charge in [0.15, 0.2) is 0 Å². The third kappa shape index (κ3) is 2.61. The topological polar surface area (TPSA) is 72.6 Å². The number of amides is 2. The second-order valence-electron chi connectivity index (χ2n) is 6.68. The predicted octanol–water partition coefficient (Wildman–Crippen LogP) is 2.90. The number of nitrogens with zero attached hydrogens (tertiary/aromatic N) is 1. The van der Waals surface area contributed by atoms with Crippen molar-refractivity contribution in [1.29, 1.82) is 0 Å². The maximum absolute atomic E-state index is 13.3. The summed E-state index contributed by atoms with van der Waals surface area (Å²) in [6, 6.07) is 9.27. The molecule has 0 spiro atoms. The van der Waals surface area contributed by atoms with Gasteiger partial charge in [-0.05, 0) is 54.3 Å². The van der Waals surface area contributed by atoms with Crippen LogP contribution in [0.15, 0.2) is 35.7 Å². The number of methoxy groups -OCH3 is 1. The first-order chi connectivity index (χ1) is 12.1. The molecule has 0 radical (unpaired) electrons. The van der Waals surface area contributed by atoms with Crippen LogP contribution in [-0.2, 0) is 4.79 Å². The van der Waals surface area contributed by atoms with Gasteiger partial charge in [-0.1, -0.05) is 12.1 Å². The van der Waals surface area contributed by atoms with Crippen molar-refractivity contribution in [2.24, 2.45) is 11.7 Å². The first-order valence-corrected chi connectivity index (χ1v) is 9.32. The minimum absolute atomic E-state index is 0.0798. The molecule has 2 bridgehead atoms. The molecule has 6 heteroatoms. The number of benzene rings is 1. The van der Waals surface area contributed by atoms with Gasteiger partial charge >= 0.3 is 0 Å². The van der Waals surface area contributed by atoms with E-state index >= 15 is 0 Å². The van der Waals surface area contributed by atoms with Crippen LogP contribution in [0.5, 0.6) is 5.75 Å². The zero-order valence-corrected chi connectivity index (χ0v) is 14.8. The smallest absolute Gasteiger partial charge is 0.265 e. The van der Waals surface area contributed by atoms with Crippen molar-refractivity contribution in [2.75, 3.05) is 7.11 Å². The highest BCUT2D eigenvalue weighted by Gasteiger charge is 2.51. The Balaban J connectivity index is 1.70. The zero-order chi connectivity index (χ0) is 17.6. The Labute approximate surface area is 150 Å². The Hall–Kier alpha value is -2.34. The molecule has 2 aromatic rings. The number of primary amides is 1. The van der Waals surface area contributed by atoms with Crippen molar-refractivity contribution in [1.82, 2.24) is 4.90 Å². The molecule has 3 atom stereocenters. The summed E-state index contributed by atoms with van der Waals surface area (Å²) in [5.41, 5.74) is 7.42. The summed E-state index contributed by atoms with van der Waals surface area (Å²) in [6.45, 7) is 0. The summed E-state index contributed by atoms with van der Waals surface area (Å²) in [5.74, 6) is 0.493. The lowest BCUT2D eigenvalue weighted by molar-refractivity contribution is -0.123. The van der Waals surface area contributed by atoms with Gasteiger partial charge in [0.05, 0.1) is 12.0 Å². The van der Waals surface area contributed by atoms with Crippen molar-refractivity contribution in [3.8, 4) is 16.9 Å². The maximum Gasteiger partial charge on any atom is 0.265 e. The van der Waals surface area contributed by atoms with E-state index in [1.54, 1.807) is 12.0 Å². The van der Waals surface area contributed by atoms with Crippen molar-refractivity contribution in [2.45, 2.75) is 31.3 Å². The number of piperidine rings is 1. The molecule has 2 N–H and O–H groups in total. The average molecular weight is 356 g/mol. The third-order valence-corrected chi connectivity index (χ3v) is 6.25. The van der Waals surface area contributed by atoms with Crippen LogP contribution >= 0.6 is 11.3 Å². The highest BCUT2D eigenvalue weighted by Crippen LogP contribution is 2.44. The molecule has 0 unspecified atom stereocenters. The molecule has 25 heavy (non-hydrogen) atoms. The minimum Gasteiger partial charge on any atom is -0.497 e. The van der Waals surface area contributed by atoms with Crippen LogP contribution in [0.1, 0.15) is 28.9 Å². The molecule has 130 valence electrons. The van der Waals surface area contributed by atoms with Crippen LogP contribution in [0.3, 0.4) is 0 Å². The Morgan fingerprint density at radius 3 is 2.88 bits per heavy atom. The molecule has 2 aliphatic rings. The van der Waals surface area contributed by atoms with Gasteiger partial charge in [0, 0.05) is 11.6 Å². The summed E-state index contributed by atoms with van der Waals surface area (Å²) >= 11 is 1.41. The van der Waals surface area contributed by atoms with E-state index < -0.39 is 6.04 Å². The molecule has 1 saturated carbocycles. The van der Waals surface area contributed by atoms with E-state index in [-0.39, 0.29) is 23.8 Å². The first-order valence-electron chi connectivity index (χ1n) is 8.44. The standard InChI is InChI=1S/C19H20N2O3S/c1-24-14-4-2-3-11(10-14)15-7-8-25-17(15)19(23)21-13-6-5-12(9-13)16(21)18(20)22/h2-4,7-8,10,12-13,16H,5-6,9H2,1H3,(H2,20,22)/t12-,13+,16-/m0/s1. The van der Waals surface area contributed by atoms with Crippen LogP contribution in [-0.4, -0.2) is 35.9 Å². The number of nitrogens with two attached hydrogens (primary N) is 1.